The molecule has 0 N–H and O–H groups in total. The monoisotopic (exact) mass is 428 g/mol. The van der Waals surface area contributed by atoms with E-state index >= 15 is 0 Å². The second kappa shape index (κ2) is 8.61. The molecule has 0 bridgehead atoms. The van der Waals surface area contributed by atoms with Crippen LogP contribution >= 0.6 is 0 Å². The standard InChI is InChI=1S/C23H28N2O6/c1-4-30-21(26)15-7-11-25(12-8-15)22(27)23(9-10-23)20-14-18(31-24-20)16-5-6-17(28-2)19(13-16)29-3/h5-6,13-15H,4,7-12H2,1-3H3. The Labute approximate surface area is 181 Å². The highest BCUT2D eigenvalue weighted by Crippen LogP contribution is 2.50. The van der Waals surface area contributed by atoms with E-state index in [4.69, 9.17) is 18.7 Å². The van der Waals surface area contributed by atoms with Crippen LogP contribution in [0.1, 0.15) is 38.3 Å². The molecular formula is C23H28N2O6. The summed E-state index contributed by atoms with van der Waals surface area (Å²) in [5, 5.41) is 4.24. The SMILES string of the molecule is CCOC(=O)C1CCN(C(=O)C2(c3cc(-c4ccc(OC)c(OC)c4)on3)CC2)CC1. The molecule has 1 aliphatic carbocycles. The van der Waals surface area contributed by atoms with E-state index in [1.54, 1.807) is 14.2 Å². The summed E-state index contributed by atoms with van der Waals surface area (Å²) >= 11 is 0. The van der Waals surface area contributed by atoms with Gasteiger partial charge in [0.25, 0.3) is 0 Å². The lowest BCUT2D eigenvalue weighted by Gasteiger charge is -2.33. The first-order valence-corrected chi connectivity index (χ1v) is 10.7. The Balaban J connectivity index is 1.47. The molecule has 2 aliphatic rings. The fraction of sp³-hybridized carbons (Fsp3) is 0.522. The number of esters is 1. The Bertz CT molecular complexity index is 957. The van der Waals surface area contributed by atoms with Crippen LogP contribution in [0.5, 0.6) is 11.5 Å². The van der Waals surface area contributed by atoms with Crippen molar-refractivity contribution in [1.29, 1.82) is 0 Å². The number of methoxy groups -OCH3 is 2. The van der Waals surface area contributed by atoms with Gasteiger partial charge in [0.15, 0.2) is 17.3 Å². The number of likely N-dealkylation sites (tertiary alicyclic amines) is 1. The van der Waals surface area contributed by atoms with E-state index in [0.717, 1.165) is 18.4 Å². The van der Waals surface area contributed by atoms with E-state index in [-0.39, 0.29) is 17.8 Å². The molecule has 1 amide bonds. The summed E-state index contributed by atoms with van der Waals surface area (Å²) < 4.78 is 21.3. The summed E-state index contributed by atoms with van der Waals surface area (Å²) in [5.41, 5.74) is 0.847. The van der Waals surface area contributed by atoms with E-state index in [2.05, 4.69) is 5.16 Å². The third kappa shape index (κ3) is 3.98. The second-order valence-electron chi connectivity index (χ2n) is 8.05. The number of aromatic nitrogens is 1. The molecule has 2 fully saturated rings. The van der Waals surface area contributed by atoms with Gasteiger partial charge in [-0.15, -0.1) is 0 Å². The van der Waals surface area contributed by atoms with Gasteiger partial charge < -0.3 is 23.6 Å². The van der Waals surface area contributed by atoms with Crippen LogP contribution in [-0.4, -0.2) is 55.8 Å². The number of hydrogen-bond donors (Lipinski definition) is 0. The van der Waals surface area contributed by atoms with Gasteiger partial charge in [0, 0.05) is 24.7 Å². The minimum absolute atomic E-state index is 0.0713. The Kier molecular flexibility index (Phi) is 5.89. The van der Waals surface area contributed by atoms with Crippen molar-refractivity contribution >= 4 is 11.9 Å². The van der Waals surface area contributed by atoms with Crippen molar-refractivity contribution in [2.45, 2.75) is 38.0 Å². The maximum Gasteiger partial charge on any atom is 0.309 e. The van der Waals surface area contributed by atoms with E-state index < -0.39 is 5.41 Å². The van der Waals surface area contributed by atoms with Gasteiger partial charge in [0.2, 0.25) is 5.91 Å². The zero-order chi connectivity index (χ0) is 22.0. The smallest absolute Gasteiger partial charge is 0.309 e. The Hall–Kier alpha value is -3.03. The lowest BCUT2D eigenvalue weighted by atomic mass is 9.93. The summed E-state index contributed by atoms with van der Waals surface area (Å²) in [4.78, 5) is 27.1. The Morgan fingerprint density at radius 1 is 1.13 bits per heavy atom. The summed E-state index contributed by atoms with van der Waals surface area (Å²) in [6, 6.07) is 7.34. The van der Waals surface area contributed by atoms with E-state index in [0.29, 0.717) is 55.5 Å². The van der Waals surface area contributed by atoms with E-state index in [1.807, 2.05) is 36.1 Å². The fourth-order valence-corrected chi connectivity index (χ4v) is 4.21. The van der Waals surface area contributed by atoms with Crippen LogP contribution < -0.4 is 9.47 Å². The molecular weight excluding hydrogens is 400 g/mol. The molecule has 0 unspecified atom stereocenters. The summed E-state index contributed by atoms with van der Waals surface area (Å²) in [5.74, 6) is 1.60. The lowest BCUT2D eigenvalue weighted by Crippen LogP contribution is -2.45. The highest BCUT2D eigenvalue weighted by atomic mass is 16.5. The van der Waals surface area contributed by atoms with Gasteiger partial charge in [-0.05, 0) is 50.8 Å². The summed E-state index contributed by atoms with van der Waals surface area (Å²) in [6.07, 6.45) is 2.77. The quantitative estimate of drug-likeness (QED) is 0.626. The minimum Gasteiger partial charge on any atom is -0.493 e. The third-order valence-electron chi connectivity index (χ3n) is 6.23. The predicted octanol–water partition coefficient (Wildman–Crippen LogP) is 3.19. The van der Waals surface area contributed by atoms with Crippen LogP contribution in [0.4, 0.5) is 0 Å². The van der Waals surface area contributed by atoms with Gasteiger partial charge in [0.05, 0.1) is 37.9 Å². The predicted molar refractivity (Wildman–Crippen MR) is 112 cm³/mol. The van der Waals surface area contributed by atoms with E-state index in [9.17, 15) is 9.59 Å². The van der Waals surface area contributed by atoms with Crippen molar-refractivity contribution in [3.05, 3.63) is 30.0 Å². The molecule has 0 spiro atoms. The molecule has 4 rings (SSSR count). The first-order chi connectivity index (χ1) is 15.0. The van der Waals surface area contributed by atoms with E-state index in [1.165, 1.54) is 0 Å². The lowest BCUT2D eigenvalue weighted by molar-refractivity contribution is -0.151. The van der Waals surface area contributed by atoms with Crippen molar-refractivity contribution < 1.29 is 28.3 Å². The van der Waals surface area contributed by atoms with Crippen molar-refractivity contribution in [1.82, 2.24) is 10.1 Å². The number of benzene rings is 1. The van der Waals surface area contributed by atoms with Crippen LogP contribution in [0.15, 0.2) is 28.8 Å². The van der Waals surface area contributed by atoms with Crippen LogP contribution in [0, 0.1) is 5.92 Å². The molecule has 31 heavy (non-hydrogen) atoms. The number of piperidine rings is 1. The van der Waals surface area contributed by atoms with Crippen molar-refractivity contribution in [2.75, 3.05) is 33.9 Å². The van der Waals surface area contributed by atoms with Crippen LogP contribution in [0.2, 0.25) is 0 Å². The summed E-state index contributed by atoms with van der Waals surface area (Å²) in [7, 11) is 3.17. The number of ether oxygens (including phenoxy) is 3. The summed E-state index contributed by atoms with van der Waals surface area (Å²) in [6.45, 7) is 3.31. The van der Waals surface area contributed by atoms with Crippen molar-refractivity contribution in [3.63, 3.8) is 0 Å². The second-order valence-corrected chi connectivity index (χ2v) is 8.05. The average molecular weight is 428 g/mol. The van der Waals surface area contributed by atoms with Crippen LogP contribution in [0.25, 0.3) is 11.3 Å². The number of hydrogen-bond acceptors (Lipinski definition) is 7. The first kappa shape index (κ1) is 21.2. The first-order valence-electron chi connectivity index (χ1n) is 10.7. The maximum absolute atomic E-state index is 13.3. The zero-order valence-corrected chi connectivity index (χ0v) is 18.2. The maximum atomic E-state index is 13.3. The normalized spacial score (nSPS) is 17.8. The van der Waals surface area contributed by atoms with Gasteiger partial charge >= 0.3 is 5.97 Å². The van der Waals surface area contributed by atoms with Gasteiger partial charge in [-0.25, -0.2) is 0 Å². The van der Waals surface area contributed by atoms with Gasteiger partial charge in [-0.2, -0.15) is 0 Å². The molecule has 8 heteroatoms. The molecule has 166 valence electrons. The molecule has 1 aromatic heterocycles. The molecule has 8 nitrogen and oxygen atoms in total. The van der Waals surface area contributed by atoms with Gasteiger partial charge in [-0.1, -0.05) is 5.16 Å². The molecule has 2 aromatic rings. The number of rotatable bonds is 7. The molecule has 1 aliphatic heterocycles. The number of carbonyl (C=O) groups excluding carboxylic acids is 2. The zero-order valence-electron chi connectivity index (χ0n) is 18.2. The highest BCUT2D eigenvalue weighted by Gasteiger charge is 2.55. The topological polar surface area (TPSA) is 91.1 Å². The highest BCUT2D eigenvalue weighted by molar-refractivity contribution is 5.91. The minimum atomic E-state index is -0.616. The van der Waals surface area contributed by atoms with Crippen LogP contribution in [0.3, 0.4) is 0 Å². The fourth-order valence-electron chi connectivity index (χ4n) is 4.21. The molecule has 1 saturated heterocycles. The average Bonchev–Trinajstić information content (AvgIpc) is 3.47. The molecule has 2 heterocycles. The van der Waals surface area contributed by atoms with Crippen LogP contribution in [-0.2, 0) is 19.7 Å². The Morgan fingerprint density at radius 3 is 2.45 bits per heavy atom. The molecule has 1 aromatic carbocycles. The van der Waals surface area contributed by atoms with Crippen molar-refractivity contribution in [2.24, 2.45) is 5.92 Å². The molecule has 0 atom stereocenters. The third-order valence-corrected chi connectivity index (χ3v) is 6.23. The Morgan fingerprint density at radius 2 is 1.84 bits per heavy atom. The number of nitrogens with zero attached hydrogens (tertiary/aromatic N) is 2. The van der Waals surface area contributed by atoms with Gasteiger partial charge in [-0.3, -0.25) is 9.59 Å². The van der Waals surface area contributed by atoms with Gasteiger partial charge in [0.1, 0.15) is 0 Å². The molecule has 0 radical (unpaired) electrons. The van der Waals surface area contributed by atoms with Crippen molar-refractivity contribution in [3.8, 4) is 22.8 Å². The number of carbonyl (C=O) groups is 2. The molecule has 1 saturated carbocycles. The largest absolute Gasteiger partial charge is 0.493 e. The number of amides is 1.